The van der Waals surface area contributed by atoms with Crippen LogP contribution in [0.4, 0.5) is 23.7 Å². The second kappa shape index (κ2) is 8.97. The zero-order chi connectivity index (χ0) is 22.6. The fourth-order valence-electron chi connectivity index (χ4n) is 3.14. The smallest absolute Gasteiger partial charge is 0.410 e. The van der Waals surface area contributed by atoms with Gasteiger partial charge in [0.15, 0.2) is 0 Å². The highest BCUT2D eigenvalue weighted by Crippen LogP contribution is 2.35. The van der Waals surface area contributed by atoms with Gasteiger partial charge in [-0.1, -0.05) is 48.5 Å². The van der Waals surface area contributed by atoms with Gasteiger partial charge in [0.25, 0.3) is 0 Å². The number of amides is 1. The van der Waals surface area contributed by atoms with Crippen molar-refractivity contribution >= 4 is 11.8 Å². The Labute approximate surface area is 182 Å². The normalized spacial score (nSPS) is 11.2. The van der Waals surface area contributed by atoms with Gasteiger partial charge in [-0.15, -0.1) is 0 Å². The van der Waals surface area contributed by atoms with Crippen molar-refractivity contribution in [2.75, 3.05) is 5.32 Å². The number of carbonyl (C=O) groups excluding carboxylic acids is 1. The van der Waals surface area contributed by atoms with Crippen LogP contribution in [0, 0.1) is 0 Å². The Kier molecular flexibility index (Phi) is 5.93. The quantitative estimate of drug-likeness (QED) is 0.403. The highest BCUT2D eigenvalue weighted by atomic mass is 19.4. The summed E-state index contributed by atoms with van der Waals surface area (Å²) < 4.78 is 47.2. The second-order valence-electron chi connectivity index (χ2n) is 7.04. The lowest BCUT2D eigenvalue weighted by Crippen LogP contribution is -2.17. The Morgan fingerprint density at radius 3 is 2.31 bits per heavy atom. The Balaban J connectivity index is 1.59. The number of hydrogen-bond acceptors (Lipinski definition) is 3. The van der Waals surface area contributed by atoms with Crippen molar-refractivity contribution < 1.29 is 22.7 Å². The number of halogens is 3. The molecule has 0 fully saturated rings. The van der Waals surface area contributed by atoms with Crippen LogP contribution < -0.4 is 10.1 Å². The summed E-state index contributed by atoms with van der Waals surface area (Å²) in [6.07, 6.45) is -2.32. The molecule has 4 rings (SSSR count). The van der Waals surface area contributed by atoms with Gasteiger partial charge >= 0.3 is 12.3 Å². The third-order valence-corrected chi connectivity index (χ3v) is 4.61. The van der Waals surface area contributed by atoms with Gasteiger partial charge in [-0.25, -0.2) is 4.79 Å². The molecule has 4 aromatic rings. The number of carbonyl (C=O) groups is 1. The number of alkyl halides is 3. The van der Waals surface area contributed by atoms with E-state index in [2.05, 4.69) is 10.4 Å². The average molecular weight is 437 g/mol. The van der Waals surface area contributed by atoms with Crippen molar-refractivity contribution in [2.24, 2.45) is 0 Å². The minimum Gasteiger partial charge on any atom is -0.410 e. The third kappa shape index (κ3) is 5.34. The molecule has 0 aliphatic carbocycles. The van der Waals surface area contributed by atoms with Crippen molar-refractivity contribution in [1.82, 2.24) is 9.78 Å². The van der Waals surface area contributed by atoms with Gasteiger partial charge in [-0.05, 0) is 41.5 Å². The number of para-hydroxylation sites is 1. The van der Waals surface area contributed by atoms with E-state index in [0.717, 1.165) is 17.7 Å². The van der Waals surface area contributed by atoms with E-state index in [1.54, 1.807) is 41.2 Å². The first kappa shape index (κ1) is 21.2. The van der Waals surface area contributed by atoms with Crippen LogP contribution in [0.15, 0.2) is 91.3 Å². The number of hydrogen-bond donors (Lipinski definition) is 1. The van der Waals surface area contributed by atoms with Crippen LogP contribution in [0.3, 0.4) is 0 Å². The molecule has 1 amide bonds. The molecule has 0 unspecified atom stereocenters. The molecule has 0 aliphatic heterocycles. The number of anilines is 1. The minimum atomic E-state index is -4.59. The molecule has 32 heavy (non-hydrogen) atoms. The monoisotopic (exact) mass is 437 g/mol. The lowest BCUT2D eigenvalue weighted by Gasteiger charge is -2.13. The summed E-state index contributed by atoms with van der Waals surface area (Å²) in [5, 5.41) is 6.62. The largest absolute Gasteiger partial charge is 0.417 e. The molecule has 3 aromatic carbocycles. The summed E-state index contributed by atoms with van der Waals surface area (Å²) >= 11 is 0. The molecular weight excluding hydrogens is 419 g/mol. The zero-order valence-corrected chi connectivity index (χ0v) is 16.7. The first-order valence-electron chi connectivity index (χ1n) is 9.70. The summed E-state index contributed by atoms with van der Waals surface area (Å²) in [5.41, 5.74) is 0.852. The summed E-state index contributed by atoms with van der Waals surface area (Å²) in [5.74, 6) is 0.277. The standard InChI is InChI=1S/C24H18F3N3O2/c25-24(26,27)20-11-18(19-14-28-30(16-19)15-17-7-3-1-4-8-17)12-21(13-20)29-23(31)32-22-9-5-2-6-10-22/h1-14,16H,15H2,(H,29,31). The number of aromatic nitrogens is 2. The second-order valence-corrected chi connectivity index (χ2v) is 7.04. The Hall–Kier alpha value is -4.07. The number of benzene rings is 3. The molecule has 0 saturated carbocycles. The zero-order valence-electron chi connectivity index (χ0n) is 16.7. The van der Waals surface area contributed by atoms with Gasteiger partial charge < -0.3 is 4.74 Å². The molecule has 5 nitrogen and oxygen atoms in total. The third-order valence-electron chi connectivity index (χ3n) is 4.61. The maximum Gasteiger partial charge on any atom is 0.417 e. The Morgan fingerprint density at radius 1 is 0.938 bits per heavy atom. The van der Waals surface area contributed by atoms with Crippen LogP contribution >= 0.6 is 0 Å². The molecule has 1 heterocycles. The van der Waals surface area contributed by atoms with Gasteiger partial charge in [0.2, 0.25) is 0 Å². The lowest BCUT2D eigenvalue weighted by molar-refractivity contribution is -0.137. The molecule has 0 bridgehead atoms. The first-order chi connectivity index (χ1) is 15.4. The van der Waals surface area contributed by atoms with Crippen molar-refractivity contribution in [1.29, 1.82) is 0 Å². The highest BCUT2D eigenvalue weighted by Gasteiger charge is 2.31. The van der Waals surface area contributed by atoms with Crippen LogP contribution in [-0.2, 0) is 12.7 Å². The van der Waals surface area contributed by atoms with Crippen LogP contribution in [0.1, 0.15) is 11.1 Å². The molecule has 162 valence electrons. The number of ether oxygens (including phenoxy) is 1. The molecule has 8 heteroatoms. The van der Waals surface area contributed by atoms with Crippen LogP contribution in [0.5, 0.6) is 5.75 Å². The SMILES string of the molecule is O=C(Nc1cc(-c2cnn(Cc3ccccc3)c2)cc(C(F)(F)F)c1)Oc1ccccc1. The predicted octanol–water partition coefficient (Wildman–Crippen LogP) is 6.23. The molecule has 0 spiro atoms. The molecule has 0 radical (unpaired) electrons. The average Bonchev–Trinajstić information content (AvgIpc) is 3.23. The molecule has 0 aliphatic rings. The summed E-state index contributed by atoms with van der Waals surface area (Å²) in [4.78, 5) is 12.2. The molecular formula is C24H18F3N3O2. The van der Waals surface area contributed by atoms with Crippen molar-refractivity contribution in [3.05, 3.63) is 102 Å². The van der Waals surface area contributed by atoms with Gasteiger partial charge in [0, 0.05) is 17.4 Å². The maximum atomic E-state index is 13.5. The number of nitrogens with zero attached hydrogens (tertiary/aromatic N) is 2. The molecule has 1 N–H and O–H groups in total. The van der Waals surface area contributed by atoms with Gasteiger partial charge in [-0.2, -0.15) is 18.3 Å². The number of rotatable bonds is 5. The van der Waals surface area contributed by atoms with Crippen molar-refractivity contribution in [2.45, 2.75) is 12.7 Å². The summed E-state index contributed by atoms with van der Waals surface area (Å²) in [6, 6.07) is 21.2. The van der Waals surface area contributed by atoms with E-state index < -0.39 is 17.8 Å². The fraction of sp³-hybridized carbons (Fsp3) is 0.0833. The van der Waals surface area contributed by atoms with E-state index in [1.165, 1.54) is 12.3 Å². The van der Waals surface area contributed by atoms with Crippen LogP contribution in [0.25, 0.3) is 11.1 Å². The lowest BCUT2D eigenvalue weighted by atomic mass is 10.0. The predicted molar refractivity (Wildman–Crippen MR) is 114 cm³/mol. The summed E-state index contributed by atoms with van der Waals surface area (Å²) in [7, 11) is 0. The Morgan fingerprint density at radius 2 is 1.62 bits per heavy atom. The van der Waals surface area contributed by atoms with E-state index in [1.807, 2.05) is 30.3 Å². The first-order valence-corrected chi connectivity index (χ1v) is 9.70. The van der Waals surface area contributed by atoms with Gasteiger partial charge in [-0.3, -0.25) is 10.00 Å². The highest BCUT2D eigenvalue weighted by molar-refractivity contribution is 5.87. The van der Waals surface area contributed by atoms with Gasteiger partial charge in [0.05, 0.1) is 18.3 Å². The van der Waals surface area contributed by atoms with E-state index in [4.69, 9.17) is 4.74 Å². The van der Waals surface area contributed by atoms with E-state index in [-0.39, 0.29) is 17.0 Å². The molecule has 0 atom stereocenters. The summed E-state index contributed by atoms with van der Waals surface area (Å²) in [6.45, 7) is 0.480. The van der Waals surface area contributed by atoms with Crippen LogP contribution in [-0.4, -0.2) is 15.9 Å². The number of nitrogens with one attached hydrogen (secondary N) is 1. The van der Waals surface area contributed by atoms with Gasteiger partial charge in [0.1, 0.15) is 5.75 Å². The molecule has 1 aromatic heterocycles. The van der Waals surface area contributed by atoms with E-state index in [0.29, 0.717) is 12.1 Å². The minimum absolute atomic E-state index is 0.0356. The maximum absolute atomic E-state index is 13.5. The van der Waals surface area contributed by atoms with E-state index >= 15 is 0 Å². The fourth-order valence-corrected chi connectivity index (χ4v) is 3.14. The van der Waals surface area contributed by atoms with Crippen molar-refractivity contribution in [3.8, 4) is 16.9 Å². The van der Waals surface area contributed by atoms with Crippen LogP contribution in [0.2, 0.25) is 0 Å². The molecule has 0 saturated heterocycles. The van der Waals surface area contributed by atoms with E-state index in [9.17, 15) is 18.0 Å². The topological polar surface area (TPSA) is 56.2 Å². The Bertz CT molecular complexity index is 1210. The van der Waals surface area contributed by atoms with Crippen molar-refractivity contribution in [3.63, 3.8) is 0 Å².